The maximum Gasteiger partial charge on any atom is 0.249 e. The molecule has 3 rings (SSSR count). The molecule has 31 heavy (non-hydrogen) atoms. The first-order valence-corrected chi connectivity index (χ1v) is 13.4. The Morgan fingerprint density at radius 2 is 1.84 bits per heavy atom. The molecular formula is C20H21N3O5S3. The second kappa shape index (κ2) is 9.27. The number of benzene rings is 2. The van der Waals surface area contributed by atoms with Gasteiger partial charge in [-0.15, -0.1) is 6.58 Å². The highest BCUT2D eigenvalue weighted by Crippen LogP contribution is 2.21. The predicted octanol–water partition coefficient (Wildman–Crippen LogP) is 1.97. The number of rotatable bonds is 8. The van der Waals surface area contributed by atoms with Gasteiger partial charge in [-0.3, -0.25) is 4.79 Å². The van der Waals surface area contributed by atoms with Crippen molar-refractivity contribution in [2.24, 2.45) is 10.1 Å². The molecule has 0 atom stereocenters. The van der Waals surface area contributed by atoms with E-state index < -0.39 is 25.8 Å². The molecule has 11 heteroatoms. The molecule has 2 N–H and O–H groups in total. The van der Waals surface area contributed by atoms with Crippen molar-refractivity contribution in [3.05, 3.63) is 71.6 Å². The third kappa shape index (κ3) is 5.97. The van der Waals surface area contributed by atoms with Gasteiger partial charge in [-0.05, 0) is 23.8 Å². The molecule has 0 aliphatic rings. The van der Waals surface area contributed by atoms with Crippen molar-refractivity contribution in [1.29, 1.82) is 0 Å². The molecular weight excluding hydrogens is 458 g/mol. The van der Waals surface area contributed by atoms with E-state index >= 15 is 0 Å². The molecule has 1 aromatic heterocycles. The number of carbonyl (C=O) groups excluding carboxylic acids is 1. The number of thiazole rings is 1. The number of amides is 1. The number of fused-ring (bicyclic) bond motifs is 1. The average Bonchev–Trinajstić information content (AvgIpc) is 3.03. The Labute approximate surface area is 184 Å². The predicted molar refractivity (Wildman–Crippen MR) is 121 cm³/mol. The first kappa shape index (κ1) is 23.1. The van der Waals surface area contributed by atoms with Gasteiger partial charge in [0.1, 0.15) is 0 Å². The average molecular weight is 480 g/mol. The minimum atomic E-state index is -3.87. The van der Waals surface area contributed by atoms with Crippen LogP contribution in [-0.2, 0) is 37.0 Å². The lowest BCUT2D eigenvalue weighted by atomic mass is 10.2. The van der Waals surface area contributed by atoms with E-state index in [0.29, 0.717) is 27.1 Å². The van der Waals surface area contributed by atoms with Crippen LogP contribution >= 0.6 is 11.3 Å². The summed E-state index contributed by atoms with van der Waals surface area (Å²) in [5.41, 5.74) is 1.33. The van der Waals surface area contributed by atoms with Crippen molar-refractivity contribution in [2.75, 3.05) is 5.75 Å². The van der Waals surface area contributed by atoms with Gasteiger partial charge in [0, 0.05) is 13.0 Å². The van der Waals surface area contributed by atoms with Crippen LogP contribution in [0.15, 0.2) is 71.1 Å². The number of carbonyl (C=O) groups is 1. The van der Waals surface area contributed by atoms with Crippen LogP contribution in [0.1, 0.15) is 12.0 Å². The van der Waals surface area contributed by atoms with E-state index in [1.807, 2.05) is 0 Å². The largest absolute Gasteiger partial charge is 0.313 e. The molecule has 0 unspecified atom stereocenters. The van der Waals surface area contributed by atoms with E-state index in [0.717, 1.165) is 11.3 Å². The SMILES string of the molecule is C=CCn1c(=NC(=O)CCS(=O)(=O)Cc2ccccc2)sc2cc(S(N)(=O)=O)ccc21. The molecule has 0 aliphatic carbocycles. The minimum Gasteiger partial charge on any atom is -0.313 e. The Bertz CT molecular complexity index is 1400. The second-order valence-electron chi connectivity index (χ2n) is 6.79. The van der Waals surface area contributed by atoms with Gasteiger partial charge in [-0.1, -0.05) is 47.7 Å². The Balaban J connectivity index is 1.85. The summed E-state index contributed by atoms with van der Waals surface area (Å²) in [4.78, 5) is 16.7. The quantitative estimate of drug-likeness (QED) is 0.494. The first-order chi connectivity index (χ1) is 14.6. The number of primary sulfonamides is 1. The van der Waals surface area contributed by atoms with E-state index in [2.05, 4.69) is 11.6 Å². The second-order valence-corrected chi connectivity index (χ2v) is 11.5. The van der Waals surface area contributed by atoms with Crippen LogP contribution in [0.2, 0.25) is 0 Å². The molecule has 3 aromatic rings. The van der Waals surface area contributed by atoms with Crippen LogP contribution in [0.5, 0.6) is 0 Å². The van der Waals surface area contributed by atoms with Gasteiger partial charge in [0.25, 0.3) is 0 Å². The number of nitrogens with two attached hydrogens (primary N) is 1. The standard InChI is InChI=1S/C20H21N3O5S3/c1-2-11-23-17-9-8-16(31(21,27)28)13-18(17)29-20(23)22-19(24)10-12-30(25,26)14-15-6-4-3-5-7-15/h2-9,13H,1,10-12,14H2,(H2,21,27,28). The van der Waals surface area contributed by atoms with E-state index in [9.17, 15) is 21.6 Å². The lowest BCUT2D eigenvalue weighted by molar-refractivity contribution is -0.117. The summed E-state index contributed by atoms with van der Waals surface area (Å²) in [7, 11) is -7.34. The first-order valence-electron chi connectivity index (χ1n) is 9.18. The van der Waals surface area contributed by atoms with Crippen LogP contribution in [0.4, 0.5) is 0 Å². The molecule has 0 aliphatic heterocycles. The molecule has 0 saturated carbocycles. The molecule has 1 heterocycles. The Kier molecular flexibility index (Phi) is 6.90. The zero-order valence-corrected chi connectivity index (χ0v) is 18.9. The highest BCUT2D eigenvalue weighted by Gasteiger charge is 2.16. The van der Waals surface area contributed by atoms with Crippen LogP contribution in [0.25, 0.3) is 10.2 Å². The van der Waals surface area contributed by atoms with Crippen molar-refractivity contribution in [2.45, 2.75) is 23.6 Å². The number of nitrogens with zero attached hydrogens (tertiary/aromatic N) is 2. The molecule has 1 amide bonds. The van der Waals surface area contributed by atoms with Gasteiger partial charge in [0.2, 0.25) is 15.9 Å². The number of hydrogen-bond donors (Lipinski definition) is 1. The Morgan fingerprint density at radius 1 is 1.13 bits per heavy atom. The van der Waals surface area contributed by atoms with E-state index in [-0.39, 0.29) is 22.8 Å². The lowest BCUT2D eigenvalue weighted by Gasteiger charge is -2.03. The van der Waals surface area contributed by atoms with E-state index in [1.165, 1.54) is 12.1 Å². The Morgan fingerprint density at radius 3 is 2.48 bits per heavy atom. The normalized spacial score (nSPS) is 12.9. The molecule has 2 aromatic carbocycles. The maximum absolute atomic E-state index is 12.4. The van der Waals surface area contributed by atoms with Crippen molar-refractivity contribution in [1.82, 2.24) is 4.57 Å². The van der Waals surface area contributed by atoms with Crippen LogP contribution in [0, 0.1) is 0 Å². The molecule has 0 bridgehead atoms. The number of aromatic nitrogens is 1. The van der Waals surface area contributed by atoms with Gasteiger partial charge in [0.15, 0.2) is 14.6 Å². The molecule has 0 fully saturated rings. The van der Waals surface area contributed by atoms with Gasteiger partial charge < -0.3 is 4.57 Å². The van der Waals surface area contributed by atoms with Gasteiger partial charge >= 0.3 is 0 Å². The number of hydrogen-bond acceptors (Lipinski definition) is 6. The number of sulfonamides is 1. The van der Waals surface area contributed by atoms with Gasteiger partial charge in [-0.25, -0.2) is 22.0 Å². The van der Waals surface area contributed by atoms with Crippen molar-refractivity contribution >= 4 is 47.3 Å². The highest BCUT2D eigenvalue weighted by atomic mass is 32.2. The third-order valence-electron chi connectivity index (χ3n) is 4.37. The fourth-order valence-corrected chi connectivity index (χ4v) is 5.97. The highest BCUT2D eigenvalue weighted by molar-refractivity contribution is 7.90. The molecule has 8 nitrogen and oxygen atoms in total. The van der Waals surface area contributed by atoms with Crippen molar-refractivity contribution in [3.8, 4) is 0 Å². The topological polar surface area (TPSA) is 129 Å². The van der Waals surface area contributed by atoms with E-state index in [4.69, 9.17) is 5.14 Å². The zero-order valence-electron chi connectivity index (χ0n) is 16.5. The smallest absolute Gasteiger partial charge is 0.249 e. The summed E-state index contributed by atoms with van der Waals surface area (Å²) in [6.45, 7) is 4.03. The summed E-state index contributed by atoms with van der Waals surface area (Å²) in [5.74, 6) is -1.03. The fraction of sp³-hybridized carbons (Fsp3) is 0.200. The summed E-state index contributed by atoms with van der Waals surface area (Å²) >= 11 is 1.12. The summed E-state index contributed by atoms with van der Waals surface area (Å²) in [5, 5.41) is 5.19. The number of sulfone groups is 1. The molecule has 0 radical (unpaired) electrons. The monoisotopic (exact) mass is 479 g/mol. The lowest BCUT2D eigenvalue weighted by Crippen LogP contribution is -2.18. The Hall–Kier alpha value is -2.60. The molecule has 0 spiro atoms. The minimum absolute atomic E-state index is 0.0446. The van der Waals surface area contributed by atoms with E-state index in [1.54, 1.807) is 47.0 Å². The van der Waals surface area contributed by atoms with Crippen LogP contribution in [0.3, 0.4) is 0 Å². The van der Waals surface area contributed by atoms with Crippen LogP contribution in [-0.4, -0.2) is 33.1 Å². The van der Waals surface area contributed by atoms with Gasteiger partial charge in [0.05, 0.1) is 26.6 Å². The molecule has 0 saturated heterocycles. The van der Waals surface area contributed by atoms with Crippen molar-refractivity contribution < 1.29 is 21.6 Å². The summed E-state index contributed by atoms with van der Waals surface area (Å²) in [6.07, 6.45) is 1.37. The zero-order chi connectivity index (χ0) is 22.6. The van der Waals surface area contributed by atoms with Crippen LogP contribution < -0.4 is 9.94 Å². The maximum atomic E-state index is 12.4. The fourth-order valence-electron chi connectivity index (χ4n) is 2.93. The third-order valence-corrected chi connectivity index (χ3v) is 7.92. The van der Waals surface area contributed by atoms with Crippen molar-refractivity contribution in [3.63, 3.8) is 0 Å². The van der Waals surface area contributed by atoms with Gasteiger partial charge in [-0.2, -0.15) is 4.99 Å². The summed E-state index contributed by atoms with van der Waals surface area (Å²) < 4.78 is 50.1. The molecule has 164 valence electrons. The summed E-state index contributed by atoms with van der Waals surface area (Å²) in [6, 6.07) is 13.1. The number of allylic oxidation sites excluding steroid dienone is 1.